The Balaban J connectivity index is 1.17. The molecule has 0 aliphatic rings. The lowest BCUT2D eigenvalue weighted by Gasteiger charge is -2.09. The van der Waals surface area contributed by atoms with Gasteiger partial charge in [-0.3, -0.25) is 10.1 Å². The van der Waals surface area contributed by atoms with Gasteiger partial charge in [-0.15, -0.1) is 10.2 Å². The summed E-state index contributed by atoms with van der Waals surface area (Å²) < 4.78 is 16.9. The van der Waals surface area contributed by atoms with Gasteiger partial charge in [0.2, 0.25) is 11.8 Å². The van der Waals surface area contributed by atoms with Crippen LogP contribution in [0.3, 0.4) is 0 Å². The van der Waals surface area contributed by atoms with E-state index in [1.807, 2.05) is 30.3 Å². The van der Waals surface area contributed by atoms with Gasteiger partial charge in [-0.25, -0.2) is 4.79 Å². The number of nitro benzene ring substituents is 1. The van der Waals surface area contributed by atoms with Gasteiger partial charge in [0.25, 0.3) is 5.69 Å². The fourth-order valence-corrected chi connectivity index (χ4v) is 3.70. The van der Waals surface area contributed by atoms with E-state index in [1.165, 1.54) is 18.2 Å². The van der Waals surface area contributed by atoms with Gasteiger partial charge in [0.05, 0.1) is 15.5 Å². The minimum Gasteiger partial charge on any atom is -0.457 e. The van der Waals surface area contributed by atoms with E-state index in [1.54, 1.807) is 48.5 Å². The topological polar surface area (TPSA) is 118 Å². The van der Waals surface area contributed by atoms with Gasteiger partial charge in [0.15, 0.2) is 0 Å². The lowest BCUT2D eigenvalue weighted by Crippen LogP contribution is -2.05. The second-order valence-corrected chi connectivity index (χ2v) is 8.46. The third-order valence-electron chi connectivity index (χ3n) is 5.46. The number of nitro groups is 1. The number of rotatable bonds is 8. The van der Waals surface area contributed by atoms with Crippen molar-refractivity contribution in [2.75, 3.05) is 0 Å². The summed E-state index contributed by atoms with van der Waals surface area (Å²) >= 11 is 6.07. The highest BCUT2D eigenvalue weighted by Crippen LogP contribution is 2.32. The van der Waals surface area contributed by atoms with Crippen molar-refractivity contribution in [2.24, 2.45) is 0 Å². The molecule has 0 radical (unpaired) electrons. The number of esters is 1. The monoisotopic (exact) mass is 527 g/mol. The Hall–Kier alpha value is -5.02. The van der Waals surface area contributed by atoms with Crippen LogP contribution in [0, 0.1) is 10.1 Å². The highest BCUT2D eigenvalue weighted by atomic mass is 35.5. The first kappa shape index (κ1) is 24.7. The minimum atomic E-state index is -0.532. The maximum Gasteiger partial charge on any atom is 0.338 e. The highest BCUT2D eigenvalue weighted by molar-refractivity contribution is 6.32. The zero-order valence-corrected chi connectivity index (χ0v) is 20.4. The van der Waals surface area contributed by atoms with Crippen LogP contribution in [0.2, 0.25) is 5.02 Å². The zero-order valence-electron chi connectivity index (χ0n) is 19.6. The van der Waals surface area contributed by atoms with Gasteiger partial charge in [-0.05, 0) is 60.2 Å². The number of hydrogen-bond acceptors (Lipinski definition) is 8. The first-order chi connectivity index (χ1) is 18.5. The van der Waals surface area contributed by atoms with Gasteiger partial charge in [0.1, 0.15) is 18.1 Å². The SMILES string of the molecule is O=C(OCc1ccc(Oc2ccc([N+](=O)[O-])cc2Cl)cc1)c1ccc(-c2nnc(-c3ccccc3)o2)cc1. The minimum absolute atomic E-state index is 0.0588. The molecule has 10 heteroatoms. The zero-order chi connectivity index (χ0) is 26.5. The number of benzene rings is 4. The van der Waals surface area contributed by atoms with Gasteiger partial charge >= 0.3 is 5.97 Å². The number of carbonyl (C=O) groups excluding carboxylic acids is 1. The number of halogens is 1. The van der Waals surface area contributed by atoms with Crippen LogP contribution < -0.4 is 4.74 Å². The maximum atomic E-state index is 12.5. The first-order valence-electron chi connectivity index (χ1n) is 11.3. The molecule has 0 spiro atoms. The van der Waals surface area contributed by atoms with Crippen molar-refractivity contribution in [2.45, 2.75) is 6.61 Å². The standard InChI is InChI=1S/C28H18ClN3O6/c29-24-16-22(32(34)35)12-15-25(24)37-23-13-6-18(7-14-23)17-36-28(33)21-10-8-20(9-11-21)27-31-30-26(38-27)19-4-2-1-3-5-19/h1-16H,17H2. The van der Waals surface area contributed by atoms with E-state index in [9.17, 15) is 14.9 Å². The van der Waals surface area contributed by atoms with Crippen molar-refractivity contribution in [3.8, 4) is 34.4 Å². The fourth-order valence-electron chi connectivity index (χ4n) is 3.49. The Kier molecular flexibility index (Phi) is 7.10. The molecule has 0 atom stereocenters. The third-order valence-corrected chi connectivity index (χ3v) is 5.76. The fraction of sp³-hybridized carbons (Fsp3) is 0.0357. The molecular formula is C28H18ClN3O6. The molecule has 9 nitrogen and oxygen atoms in total. The van der Waals surface area contributed by atoms with Crippen LogP contribution >= 0.6 is 11.6 Å². The van der Waals surface area contributed by atoms with E-state index < -0.39 is 10.9 Å². The molecule has 0 saturated carbocycles. The molecule has 1 heterocycles. The van der Waals surface area contributed by atoms with Crippen LogP contribution in [0.4, 0.5) is 5.69 Å². The maximum absolute atomic E-state index is 12.5. The number of nitrogens with zero attached hydrogens (tertiary/aromatic N) is 3. The summed E-state index contributed by atoms with van der Waals surface area (Å²) in [5.74, 6) is 1.04. The predicted octanol–water partition coefficient (Wildman–Crippen LogP) is 7.11. The quantitative estimate of drug-likeness (QED) is 0.119. The van der Waals surface area contributed by atoms with Crippen LogP contribution in [0.5, 0.6) is 11.5 Å². The number of carbonyl (C=O) groups is 1. The first-order valence-corrected chi connectivity index (χ1v) is 11.7. The van der Waals surface area contributed by atoms with Crippen LogP contribution in [0.25, 0.3) is 22.9 Å². The molecule has 0 saturated heterocycles. The van der Waals surface area contributed by atoms with Crippen molar-refractivity contribution in [1.29, 1.82) is 0 Å². The summed E-state index contributed by atoms with van der Waals surface area (Å²) in [6, 6.07) is 27.0. The van der Waals surface area contributed by atoms with Gasteiger partial charge in [-0.2, -0.15) is 0 Å². The van der Waals surface area contributed by atoms with Gasteiger partial charge in [0, 0.05) is 23.3 Å². The summed E-state index contributed by atoms with van der Waals surface area (Å²) in [4.78, 5) is 22.8. The molecule has 5 rings (SSSR count). The molecule has 5 aromatic rings. The number of ether oxygens (including phenoxy) is 2. The second kappa shape index (κ2) is 10.9. The summed E-state index contributed by atoms with van der Waals surface area (Å²) in [6.45, 7) is 0.0588. The molecule has 0 aliphatic heterocycles. The molecule has 0 aliphatic carbocycles. The van der Waals surface area contributed by atoms with Crippen LogP contribution in [-0.4, -0.2) is 21.1 Å². The Morgan fingerprint density at radius 3 is 2.16 bits per heavy atom. The molecule has 0 fully saturated rings. The molecule has 38 heavy (non-hydrogen) atoms. The van der Waals surface area contributed by atoms with E-state index >= 15 is 0 Å². The Morgan fingerprint density at radius 1 is 0.868 bits per heavy atom. The number of non-ortho nitro benzene ring substituents is 1. The van der Waals surface area contributed by atoms with Crippen molar-refractivity contribution in [3.63, 3.8) is 0 Å². The Bertz CT molecular complexity index is 1590. The van der Waals surface area contributed by atoms with E-state index in [-0.39, 0.29) is 23.1 Å². The van der Waals surface area contributed by atoms with E-state index in [4.69, 9.17) is 25.5 Å². The van der Waals surface area contributed by atoms with E-state index in [2.05, 4.69) is 10.2 Å². The molecule has 0 N–H and O–H groups in total. The van der Waals surface area contributed by atoms with Crippen molar-refractivity contribution >= 4 is 23.3 Å². The van der Waals surface area contributed by atoms with E-state index in [0.29, 0.717) is 28.7 Å². The molecule has 1 aromatic heterocycles. The van der Waals surface area contributed by atoms with Crippen molar-refractivity contribution in [1.82, 2.24) is 10.2 Å². The van der Waals surface area contributed by atoms with Gasteiger partial charge < -0.3 is 13.9 Å². The van der Waals surface area contributed by atoms with Crippen LogP contribution in [-0.2, 0) is 11.3 Å². The normalized spacial score (nSPS) is 10.7. The molecule has 0 amide bonds. The second-order valence-electron chi connectivity index (χ2n) is 8.05. The predicted molar refractivity (Wildman–Crippen MR) is 139 cm³/mol. The molecule has 4 aromatic carbocycles. The van der Waals surface area contributed by atoms with Crippen LogP contribution in [0.1, 0.15) is 15.9 Å². The van der Waals surface area contributed by atoms with Gasteiger partial charge in [-0.1, -0.05) is 41.9 Å². The summed E-state index contributed by atoms with van der Waals surface area (Å²) in [5.41, 5.74) is 2.50. The average molecular weight is 528 g/mol. The lowest BCUT2D eigenvalue weighted by molar-refractivity contribution is -0.384. The molecular weight excluding hydrogens is 510 g/mol. The average Bonchev–Trinajstić information content (AvgIpc) is 3.44. The molecule has 0 unspecified atom stereocenters. The molecule has 0 bridgehead atoms. The molecule has 188 valence electrons. The number of aromatic nitrogens is 2. The highest BCUT2D eigenvalue weighted by Gasteiger charge is 2.14. The van der Waals surface area contributed by atoms with Crippen molar-refractivity contribution in [3.05, 3.63) is 123 Å². The largest absolute Gasteiger partial charge is 0.457 e. The summed E-state index contributed by atoms with van der Waals surface area (Å²) in [5, 5.41) is 19.1. The van der Waals surface area contributed by atoms with Crippen LogP contribution in [0.15, 0.2) is 101 Å². The van der Waals surface area contributed by atoms with Crippen molar-refractivity contribution < 1.29 is 23.6 Å². The smallest absolute Gasteiger partial charge is 0.338 e. The Morgan fingerprint density at radius 2 is 1.53 bits per heavy atom. The number of hydrogen-bond donors (Lipinski definition) is 0. The lowest BCUT2D eigenvalue weighted by atomic mass is 10.1. The van der Waals surface area contributed by atoms with E-state index in [0.717, 1.165) is 11.1 Å². The summed E-state index contributed by atoms with van der Waals surface area (Å²) in [7, 11) is 0. The Labute approximate surface area is 221 Å². The third kappa shape index (κ3) is 5.69. The summed E-state index contributed by atoms with van der Waals surface area (Å²) in [6.07, 6.45) is 0.